The molecule has 1 N–H and O–H groups in total. The number of hydrogen-bond acceptors (Lipinski definition) is 9. The van der Waals surface area contributed by atoms with Crippen molar-refractivity contribution in [2.45, 2.75) is 37.3 Å². The molecule has 2 aromatic rings. The highest BCUT2D eigenvalue weighted by atomic mass is 32.2. The number of piperazine rings is 1. The first kappa shape index (κ1) is 25.1. The SMILES string of the molecule is CC(O)CCC(c1ncccn1)S(=O)(=O)N1CCN(c2ncc(OCC(F)(F)F)cn2)CC1. The van der Waals surface area contributed by atoms with Crippen LogP contribution >= 0.6 is 0 Å². The van der Waals surface area contributed by atoms with E-state index in [-0.39, 0.29) is 43.5 Å². The Morgan fingerprint density at radius 1 is 1.06 bits per heavy atom. The maximum absolute atomic E-state index is 13.3. The molecule has 3 heterocycles. The van der Waals surface area contributed by atoms with Crippen LogP contribution in [0.1, 0.15) is 30.8 Å². The van der Waals surface area contributed by atoms with Crippen LogP contribution in [0.4, 0.5) is 19.1 Å². The molecule has 2 unspecified atom stereocenters. The Morgan fingerprint density at radius 2 is 1.67 bits per heavy atom. The van der Waals surface area contributed by atoms with Crippen LogP contribution in [0.25, 0.3) is 0 Å². The second-order valence-corrected chi connectivity index (χ2v) is 9.69. The van der Waals surface area contributed by atoms with Crippen LogP contribution < -0.4 is 9.64 Å². The van der Waals surface area contributed by atoms with Gasteiger partial charge in [0.2, 0.25) is 16.0 Å². The van der Waals surface area contributed by atoms with Gasteiger partial charge in [0.1, 0.15) is 11.1 Å². The Labute approximate surface area is 189 Å². The molecule has 0 aromatic carbocycles. The van der Waals surface area contributed by atoms with Crippen molar-refractivity contribution >= 4 is 16.0 Å². The number of aliphatic hydroxyl groups excluding tert-OH is 1. The van der Waals surface area contributed by atoms with Gasteiger partial charge in [-0.3, -0.25) is 0 Å². The minimum absolute atomic E-state index is 0.110. The van der Waals surface area contributed by atoms with Crippen LogP contribution in [0.2, 0.25) is 0 Å². The van der Waals surface area contributed by atoms with Gasteiger partial charge in [-0.15, -0.1) is 0 Å². The van der Waals surface area contributed by atoms with Crippen LogP contribution in [0.5, 0.6) is 5.75 Å². The molecule has 3 rings (SSSR count). The van der Waals surface area contributed by atoms with E-state index >= 15 is 0 Å². The number of sulfonamides is 1. The largest absolute Gasteiger partial charge is 0.481 e. The van der Waals surface area contributed by atoms with E-state index in [0.29, 0.717) is 13.1 Å². The molecule has 14 heteroatoms. The Kier molecular flexibility index (Phi) is 8.02. The Hall–Kier alpha value is -2.58. The van der Waals surface area contributed by atoms with Gasteiger partial charge in [-0.25, -0.2) is 28.4 Å². The van der Waals surface area contributed by atoms with Gasteiger partial charge < -0.3 is 14.7 Å². The molecule has 33 heavy (non-hydrogen) atoms. The predicted molar refractivity (Wildman–Crippen MR) is 112 cm³/mol. The van der Waals surface area contributed by atoms with Crippen LogP contribution in [0.3, 0.4) is 0 Å². The van der Waals surface area contributed by atoms with E-state index in [2.05, 4.69) is 24.7 Å². The van der Waals surface area contributed by atoms with Crippen molar-refractivity contribution in [3.8, 4) is 5.75 Å². The summed E-state index contributed by atoms with van der Waals surface area (Å²) in [5, 5.41) is 8.66. The number of hydrogen-bond donors (Lipinski definition) is 1. The number of rotatable bonds is 9. The quantitative estimate of drug-likeness (QED) is 0.558. The van der Waals surface area contributed by atoms with E-state index in [4.69, 9.17) is 0 Å². The van der Waals surface area contributed by atoms with E-state index in [1.165, 1.54) is 16.7 Å². The Bertz CT molecular complexity index is 985. The number of ether oxygens (including phenoxy) is 1. The molecule has 0 amide bonds. The van der Waals surface area contributed by atoms with Crippen molar-refractivity contribution in [2.24, 2.45) is 0 Å². The molecule has 0 radical (unpaired) electrons. The highest BCUT2D eigenvalue weighted by Crippen LogP contribution is 2.29. The third kappa shape index (κ3) is 6.95. The summed E-state index contributed by atoms with van der Waals surface area (Å²) < 4.78 is 69.4. The van der Waals surface area contributed by atoms with Crippen LogP contribution in [-0.2, 0) is 10.0 Å². The average Bonchev–Trinajstić information content (AvgIpc) is 2.78. The van der Waals surface area contributed by atoms with Crippen molar-refractivity contribution in [2.75, 3.05) is 37.7 Å². The molecule has 1 aliphatic rings. The summed E-state index contributed by atoms with van der Waals surface area (Å²) >= 11 is 0. The topological polar surface area (TPSA) is 122 Å². The fraction of sp³-hybridized carbons (Fsp3) is 0.579. The minimum Gasteiger partial charge on any atom is -0.481 e. The van der Waals surface area contributed by atoms with Crippen LogP contribution in [0.15, 0.2) is 30.9 Å². The zero-order chi connectivity index (χ0) is 24.1. The van der Waals surface area contributed by atoms with Crippen molar-refractivity contribution in [1.29, 1.82) is 0 Å². The molecule has 1 aliphatic heterocycles. The van der Waals surface area contributed by atoms with Gasteiger partial charge in [0, 0.05) is 38.6 Å². The molecule has 10 nitrogen and oxygen atoms in total. The molecule has 1 saturated heterocycles. The molecular formula is C19H25F3N6O4S. The number of nitrogens with zero attached hydrogens (tertiary/aromatic N) is 6. The van der Waals surface area contributed by atoms with Gasteiger partial charge >= 0.3 is 6.18 Å². The summed E-state index contributed by atoms with van der Waals surface area (Å²) in [4.78, 5) is 18.0. The maximum atomic E-state index is 13.3. The van der Waals surface area contributed by atoms with Gasteiger partial charge in [0.05, 0.1) is 18.5 Å². The first-order valence-electron chi connectivity index (χ1n) is 10.3. The molecular weight excluding hydrogens is 465 g/mol. The zero-order valence-corrected chi connectivity index (χ0v) is 18.7. The number of alkyl halides is 3. The van der Waals surface area contributed by atoms with Gasteiger partial charge in [-0.2, -0.15) is 17.5 Å². The molecule has 2 atom stereocenters. The van der Waals surface area contributed by atoms with Gasteiger partial charge in [0.25, 0.3) is 0 Å². The van der Waals surface area contributed by atoms with Crippen LogP contribution in [0, 0.1) is 0 Å². The number of anilines is 1. The van der Waals surface area contributed by atoms with Gasteiger partial charge in [-0.05, 0) is 25.8 Å². The van der Waals surface area contributed by atoms with Crippen molar-refractivity contribution in [3.63, 3.8) is 0 Å². The highest BCUT2D eigenvalue weighted by molar-refractivity contribution is 7.89. The van der Waals surface area contributed by atoms with E-state index in [1.807, 2.05) is 0 Å². The smallest absolute Gasteiger partial charge is 0.422 e. The molecule has 2 aromatic heterocycles. The molecule has 0 aliphatic carbocycles. The van der Waals surface area contributed by atoms with Crippen molar-refractivity contribution < 1.29 is 31.4 Å². The third-order valence-electron chi connectivity index (χ3n) is 4.98. The average molecular weight is 491 g/mol. The van der Waals surface area contributed by atoms with Gasteiger partial charge in [0.15, 0.2) is 12.4 Å². The summed E-state index contributed by atoms with van der Waals surface area (Å²) in [5.41, 5.74) is 0. The third-order valence-corrected chi connectivity index (χ3v) is 7.23. The molecule has 1 fully saturated rings. The van der Waals surface area contributed by atoms with Gasteiger partial charge in [-0.1, -0.05) is 0 Å². The second kappa shape index (κ2) is 10.6. The molecule has 0 saturated carbocycles. The first-order valence-corrected chi connectivity index (χ1v) is 11.8. The lowest BCUT2D eigenvalue weighted by molar-refractivity contribution is -0.153. The monoisotopic (exact) mass is 490 g/mol. The lowest BCUT2D eigenvalue weighted by Crippen LogP contribution is -2.50. The van der Waals surface area contributed by atoms with Crippen molar-refractivity contribution in [3.05, 3.63) is 36.7 Å². The zero-order valence-electron chi connectivity index (χ0n) is 17.9. The Balaban J connectivity index is 1.64. The summed E-state index contributed by atoms with van der Waals surface area (Å²) in [7, 11) is -3.80. The fourth-order valence-corrected chi connectivity index (χ4v) is 5.17. The molecule has 0 spiro atoms. The number of aromatic nitrogens is 4. The Morgan fingerprint density at radius 3 is 2.21 bits per heavy atom. The van der Waals surface area contributed by atoms with E-state index < -0.39 is 34.2 Å². The summed E-state index contributed by atoms with van der Waals surface area (Å²) in [6, 6.07) is 1.60. The standard InChI is InChI=1S/C19H25F3N6O4S/c1-14(29)3-4-16(17-23-5-2-6-24-17)33(30,31)28-9-7-27(8-10-28)18-25-11-15(12-26-18)32-13-19(20,21)22/h2,5-6,11-12,14,16,29H,3-4,7-10,13H2,1H3. The van der Waals surface area contributed by atoms with Crippen LogP contribution in [-0.4, -0.2) is 82.8 Å². The second-order valence-electron chi connectivity index (χ2n) is 7.58. The van der Waals surface area contributed by atoms with E-state index in [0.717, 1.165) is 12.4 Å². The number of aliphatic hydroxyl groups is 1. The minimum atomic E-state index is -4.46. The van der Waals surface area contributed by atoms with E-state index in [1.54, 1.807) is 17.9 Å². The summed E-state index contributed by atoms with van der Waals surface area (Å²) in [6.45, 7) is 1.06. The fourth-order valence-electron chi connectivity index (χ4n) is 3.32. The summed E-state index contributed by atoms with van der Waals surface area (Å²) in [6.07, 6.45) is 0.578. The molecule has 0 bridgehead atoms. The molecule has 182 valence electrons. The number of halogens is 3. The first-order chi connectivity index (χ1) is 15.6. The lowest BCUT2D eigenvalue weighted by atomic mass is 10.1. The van der Waals surface area contributed by atoms with Crippen molar-refractivity contribution in [1.82, 2.24) is 24.2 Å². The van der Waals surface area contributed by atoms with E-state index in [9.17, 15) is 26.7 Å². The lowest BCUT2D eigenvalue weighted by Gasteiger charge is -2.35. The summed E-state index contributed by atoms with van der Waals surface area (Å²) in [5.74, 6) is 0.336. The normalized spacial score (nSPS) is 17.5. The highest BCUT2D eigenvalue weighted by Gasteiger charge is 2.37. The maximum Gasteiger partial charge on any atom is 0.422 e. The predicted octanol–water partition coefficient (Wildman–Crippen LogP) is 1.56.